The Bertz CT molecular complexity index is 447. The molecule has 1 rings (SSSR count). The molecule has 9 heteroatoms. The molecule has 0 radical (unpaired) electrons. The summed E-state index contributed by atoms with van der Waals surface area (Å²) in [6.45, 7) is 0.174. The van der Waals surface area contributed by atoms with E-state index in [2.05, 4.69) is 20.4 Å². The monoisotopic (exact) mass is 268 g/mol. The van der Waals surface area contributed by atoms with Crippen molar-refractivity contribution in [2.24, 2.45) is 5.84 Å². The van der Waals surface area contributed by atoms with E-state index >= 15 is 0 Å². The van der Waals surface area contributed by atoms with Crippen molar-refractivity contribution in [1.29, 1.82) is 0 Å². The van der Waals surface area contributed by atoms with Crippen LogP contribution in [0.2, 0.25) is 0 Å². The maximum Gasteiger partial charge on any atom is 0.243 e. The summed E-state index contributed by atoms with van der Waals surface area (Å²) in [5.41, 5.74) is 2.38. The lowest BCUT2D eigenvalue weighted by atomic mass is 10.5. The van der Waals surface area contributed by atoms with Crippen molar-refractivity contribution in [2.75, 3.05) is 57.0 Å². The minimum atomic E-state index is -0.0448. The second-order valence-electron chi connectivity index (χ2n) is 4.44. The molecule has 0 saturated heterocycles. The van der Waals surface area contributed by atoms with Gasteiger partial charge in [0.1, 0.15) is 0 Å². The summed E-state index contributed by atoms with van der Waals surface area (Å²) < 4.78 is 0. The highest BCUT2D eigenvalue weighted by molar-refractivity contribution is 5.80. The first-order valence-corrected chi connectivity index (χ1v) is 5.66. The number of hydrogen-bond acceptors (Lipinski definition) is 8. The highest BCUT2D eigenvalue weighted by Gasteiger charge is 2.14. The number of likely N-dealkylation sites (N-methyl/N-ethyl adjacent to an activating group) is 2. The molecule has 106 valence electrons. The van der Waals surface area contributed by atoms with Gasteiger partial charge >= 0.3 is 0 Å². The van der Waals surface area contributed by atoms with Crippen LogP contribution in [0.3, 0.4) is 0 Å². The van der Waals surface area contributed by atoms with E-state index in [4.69, 9.17) is 5.84 Å². The van der Waals surface area contributed by atoms with E-state index in [1.54, 1.807) is 30.9 Å². The number of carbonyl (C=O) groups is 1. The van der Waals surface area contributed by atoms with Gasteiger partial charge in [0.2, 0.25) is 23.8 Å². The molecule has 0 fully saturated rings. The third-order valence-electron chi connectivity index (χ3n) is 2.35. The molecule has 0 unspecified atom stereocenters. The number of hydrazine groups is 1. The Morgan fingerprint density at radius 2 is 1.68 bits per heavy atom. The second kappa shape index (κ2) is 6.14. The molecule has 1 aromatic rings. The topological polar surface area (TPSA) is 104 Å². The number of hydrogen-bond donors (Lipinski definition) is 2. The van der Waals surface area contributed by atoms with E-state index in [1.807, 2.05) is 14.1 Å². The Labute approximate surface area is 112 Å². The Balaban J connectivity index is 2.98. The normalized spacial score (nSPS) is 10.0. The molecule has 19 heavy (non-hydrogen) atoms. The number of nitrogens with two attached hydrogens (primary N) is 1. The van der Waals surface area contributed by atoms with Gasteiger partial charge in [0.25, 0.3) is 0 Å². The van der Waals surface area contributed by atoms with Crippen molar-refractivity contribution in [2.45, 2.75) is 0 Å². The van der Waals surface area contributed by atoms with Crippen molar-refractivity contribution in [3.8, 4) is 0 Å². The van der Waals surface area contributed by atoms with E-state index in [-0.39, 0.29) is 18.4 Å². The molecule has 1 amide bonds. The molecule has 0 atom stereocenters. The first-order chi connectivity index (χ1) is 8.85. The lowest BCUT2D eigenvalue weighted by molar-refractivity contribution is -0.127. The number of anilines is 3. The minimum absolute atomic E-state index is 0.0448. The lowest BCUT2D eigenvalue weighted by Gasteiger charge is -2.20. The van der Waals surface area contributed by atoms with Crippen LogP contribution in [0.1, 0.15) is 0 Å². The van der Waals surface area contributed by atoms with Crippen LogP contribution in [-0.2, 0) is 4.79 Å². The van der Waals surface area contributed by atoms with Crippen LogP contribution in [0.4, 0.5) is 17.8 Å². The summed E-state index contributed by atoms with van der Waals surface area (Å²) in [5.74, 6) is 6.36. The summed E-state index contributed by atoms with van der Waals surface area (Å²) in [4.78, 5) is 29.0. The van der Waals surface area contributed by atoms with E-state index < -0.39 is 0 Å². The number of carbonyl (C=O) groups excluding carboxylic acids is 1. The summed E-state index contributed by atoms with van der Waals surface area (Å²) >= 11 is 0. The van der Waals surface area contributed by atoms with Crippen molar-refractivity contribution < 1.29 is 4.79 Å². The Hall–Kier alpha value is -2.16. The number of nitrogen functional groups attached to an aromatic ring is 1. The zero-order valence-corrected chi connectivity index (χ0v) is 11.9. The lowest BCUT2D eigenvalue weighted by Crippen LogP contribution is -2.35. The smallest absolute Gasteiger partial charge is 0.243 e. The summed E-state index contributed by atoms with van der Waals surface area (Å²) in [6.07, 6.45) is 0. The van der Waals surface area contributed by atoms with Crippen LogP contribution in [0, 0.1) is 0 Å². The zero-order chi connectivity index (χ0) is 14.6. The molecule has 0 aromatic carbocycles. The van der Waals surface area contributed by atoms with E-state index in [1.165, 1.54) is 4.90 Å². The quantitative estimate of drug-likeness (QED) is 0.504. The fraction of sp³-hybridized carbons (Fsp3) is 0.600. The van der Waals surface area contributed by atoms with E-state index in [0.29, 0.717) is 11.9 Å². The van der Waals surface area contributed by atoms with Crippen LogP contribution < -0.4 is 21.1 Å². The predicted octanol–water partition coefficient (Wildman–Crippen LogP) is -1.25. The molecule has 1 heterocycles. The molecule has 0 aliphatic rings. The van der Waals surface area contributed by atoms with Gasteiger partial charge in [-0.15, -0.1) is 0 Å². The van der Waals surface area contributed by atoms with Gasteiger partial charge in [0.15, 0.2) is 0 Å². The number of aromatic nitrogens is 3. The Morgan fingerprint density at radius 1 is 1.11 bits per heavy atom. The van der Waals surface area contributed by atoms with Gasteiger partial charge in [-0.3, -0.25) is 10.2 Å². The van der Waals surface area contributed by atoms with E-state index in [0.717, 1.165) is 0 Å². The third kappa shape index (κ3) is 3.91. The molecule has 1 aromatic heterocycles. The van der Waals surface area contributed by atoms with Crippen LogP contribution in [0.25, 0.3) is 0 Å². The summed E-state index contributed by atoms with van der Waals surface area (Å²) in [6, 6.07) is 0. The SMILES string of the molecule is CN(C)C(=O)CN(C)c1nc(NN)nc(N(C)C)n1. The Morgan fingerprint density at radius 3 is 2.16 bits per heavy atom. The third-order valence-corrected chi connectivity index (χ3v) is 2.35. The molecule has 9 nitrogen and oxygen atoms in total. The predicted molar refractivity (Wildman–Crippen MR) is 73.9 cm³/mol. The standard InChI is InChI=1S/C10H20N8O/c1-16(2)7(19)6-18(5)10-13-8(15-11)12-9(14-10)17(3)4/h6,11H2,1-5H3,(H,12,13,14,15). The first-order valence-electron chi connectivity index (χ1n) is 5.66. The van der Waals surface area contributed by atoms with Crippen LogP contribution >= 0.6 is 0 Å². The largest absolute Gasteiger partial charge is 0.347 e. The van der Waals surface area contributed by atoms with Gasteiger partial charge in [-0.05, 0) is 0 Å². The molecule has 3 N–H and O–H groups in total. The fourth-order valence-corrected chi connectivity index (χ4v) is 1.20. The summed E-state index contributed by atoms with van der Waals surface area (Å²) in [7, 11) is 8.74. The van der Waals surface area contributed by atoms with Crippen LogP contribution in [0.5, 0.6) is 0 Å². The van der Waals surface area contributed by atoms with Crippen molar-refractivity contribution in [3.63, 3.8) is 0 Å². The van der Waals surface area contributed by atoms with Gasteiger partial charge < -0.3 is 14.7 Å². The molecule has 0 bridgehead atoms. The Kier molecular flexibility index (Phi) is 4.81. The molecular weight excluding hydrogens is 248 g/mol. The van der Waals surface area contributed by atoms with Crippen molar-refractivity contribution >= 4 is 23.8 Å². The van der Waals surface area contributed by atoms with Crippen molar-refractivity contribution in [1.82, 2.24) is 19.9 Å². The average Bonchev–Trinajstić information content (AvgIpc) is 2.37. The van der Waals surface area contributed by atoms with Crippen molar-refractivity contribution in [3.05, 3.63) is 0 Å². The summed E-state index contributed by atoms with van der Waals surface area (Å²) in [5, 5.41) is 0. The number of amides is 1. The highest BCUT2D eigenvalue weighted by Crippen LogP contribution is 2.13. The molecular formula is C10H20N8O. The minimum Gasteiger partial charge on any atom is -0.347 e. The zero-order valence-electron chi connectivity index (χ0n) is 11.9. The van der Waals surface area contributed by atoms with Gasteiger partial charge in [0, 0.05) is 35.2 Å². The van der Waals surface area contributed by atoms with Gasteiger partial charge in [-0.25, -0.2) is 5.84 Å². The van der Waals surface area contributed by atoms with Crippen LogP contribution in [-0.4, -0.2) is 67.5 Å². The van der Waals surface area contributed by atoms with E-state index in [9.17, 15) is 4.79 Å². The molecule has 0 aliphatic carbocycles. The second-order valence-corrected chi connectivity index (χ2v) is 4.44. The molecule has 0 aliphatic heterocycles. The fourth-order valence-electron chi connectivity index (χ4n) is 1.20. The first kappa shape index (κ1) is 14.9. The van der Waals surface area contributed by atoms with Gasteiger partial charge in [-0.2, -0.15) is 15.0 Å². The molecule has 0 saturated carbocycles. The maximum atomic E-state index is 11.7. The highest BCUT2D eigenvalue weighted by atomic mass is 16.2. The van der Waals surface area contributed by atoms with Gasteiger partial charge in [0.05, 0.1) is 6.54 Å². The number of rotatable bonds is 5. The average molecular weight is 268 g/mol. The number of nitrogens with one attached hydrogen (secondary N) is 1. The van der Waals surface area contributed by atoms with Gasteiger partial charge in [-0.1, -0.05) is 0 Å². The number of nitrogens with zero attached hydrogens (tertiary/aromatic N) is 6. The van der Waals surface area contributed by atoms with Crippen LogP contribution in [0.15, 0.2) is 0 Å². The maximum absolute atomic E-state index is 11.7. The molecule has 0 spiro atoms.